The molecule has 0 atom stereocenters. The van der Waals surface area contributed by atoms with Gasteiger partial charge in [-0.2, -0.15) is 5.10 Å². The highest BCUT2D eigenvalue weighted by atomic mass is 35.5. The van der Waals surface area contributed by atoms with Crippen molar-refractivity contribution < 1.29 is 19.4 Å². The Hall–Kier alpha value is -2.21. The van der Waals surface area contributed by atoms with E-state index in [1.807, 2.05) is 13.8 Å². The minimum absolute atomic E-state index is 0.0366. The third-order valence-electron chi connectivity index (χ3n) is 3.58. The second kappa shape index (κ2) is 5.88. The molecule has 1 aromatic carbocycles. The lowest BCUT2D eigenvalue weighted by molar-refractivity contribution is 0.0689. The number of halogens is 1. The van der Waals surface area contributed by atoms with Crippen molar-refractivity contribution in [3.8, 4) is 22.8 Å². The number of aromatic carboxylic acids is 1. The zero-order valence-corrected chi connectivity index (χ0v) is 13.8. The summed E-state index contributed by atoms with van der Waals surface area (Å²) in [5.41, 5.74) is 2.77. The molecule has 0 spiro atoms. The standard InChI is InChI=1S/C15H17ClN2O4/c1-7-11(10-6-9(15(19)20)17-18(10)3)13(21-4)8(2)12(16)14(7)22-5/h6H,1-5H3,(H,19,20). The van der Waals surface area contributed by atoms with E-state index in [2.05, 4.69) is 5.10 Å². The molecule has 7 heteroatoms. The van der Waals surface area contributed by atoms with Crippen LogP contribution in [0, 0.1) is 13.8 Å². The number of rotatable bonds is 4. The molecule has 1 heterocycles. The molecule has 0 fully saturated rings. The summed E-state index contributed by atoms with van der Waals surface area (Å²) in [7, 11) is 4.76. The molecule has 0 saturated carbocycles. The Labute approximate surface area is 133 Å². The zero-order chi connectivity index (χ0) is 16.6. The topological polar surface area (TPSA) is 73.6 Å². The highest BCUT2D eigenvalue weighted by molar-refractivity contribution is 6.33. The van der Waals surface area contributed by atoms with Crippen LogP contribution in [0.15, 0.2) is 6.07 Å². The van der Waals surface area contributed by atoms with Gasteiger partial charge in [0.1, 0.15) is 11.5 Å². The van der Waals surface area contributed by atoms with Gasteiger partial charge in [0.25, 0.3) is 0 Å². The Balaban J connectivity index is 2.85. The zero-order valence-electron chi connectivity index (χ0n) is 13.0. The fraction of sp³-hybridized carbons (Fsp3) is 0.333. The number of nitrogens with zero attached hydrogens (tertiary/aromatic N) is 2. The Bertz CT molecular complexity index is 753. The van der Waals surface area contributed by atoms with Crippen LogP contribution in [0.1, 0.15) is 21.6 Å². The number of aromatic nitrogens is 2. The van der Waals surface area contributed by atoms with E-state index >= 15 is 0 Å². The van der Waals surface area contributed by atoms with Crippen LogP contribution in [0.25, 0.3) is 11.3 Å². The molecule has 0 aliphatic heterocycles. The van der Waals surface area contributed by atoms with Gasteiger partial charge in [0.15, 0.2) is 5.69 Å². The van der Waals surface area contributed by atoms with Crippen LogP contribution in [0.3, 0.4) is 0 Å². The first-order valence-electron chi connectivity index (χ1n) is 6.51. The van der Waals surface area contributed by atoms with E-state index in [1.54, 1.807) is 14.2 Å². The van der Waals surface area contributed by atoms with Crippen molar-refractivity contribution in [2.45, 2.75) is 13.8 Å². The monoisotopic (exact) mass is 324 g/mol. The van der Waals surface area contributed by atoms with Gasteiger partial charge in [-0.25, -0.2) is 4.79 Å². The molecule has 2 aromatic rings. The average Bonchev–Trinajstić information content (AvgIpc) is 2.85. The summed E-state index contributed by atoms with van der Waals surface area (Å²) in [5.74, 6) is 0.0207. The number of ether oxygens (including phenoxy) is 2. The van der Waals surface area contributed by atoms with Crippen LogP contribution in [0.2, 0.25) is 5.02 Å². The molecule has 0 saturated heterocycles. The highest BCUT2D eigenvalue weighted by Crippen LogP contribution is 2.45. The van der Waals surface area contributed by atoms with E-state index in [1.165, 1.54) is 17.9 Å². The molecule has 1 aromatic heterocycles. The second-order valence-corrected chi connectivity index (χ2v) is 5.23. The van der Waals surface area contributed by atoms with Gasteiger partial charge in [-0.3, -0.25) is 4.68 Å². The van der Waals surface area contributed by atoms with Crippen LogP contribution in [0.4, 0.5) is 0 Å². The highest BCUT2D eigenvalue weighted by Gasteiger charge is 2.24. The maximum absolute atomic E-state index is 11.1. The van der Waals surface area contributed by atoms with Crippen molar-refractivity contribution in [2.24, 2.45) is 7.05 Å². The van der Waals surface area contributed by atoms with Crippen LogP contribution in [0.5, 0.6) is 11.5 Å². The predicted octanol–water partition coefficient (Wildman–Crippen LogP) is 3.07. The molecule has 118 valence electrons. The van der Waals surface area contributed by atoms with E-state index in [9.17, 15) is 4.79 Å². The van der Waals surface area contributed by atoms with Crippen molar-refractivity contribution in [3.63, 3.8) is 0 Å². The summed E-state index contributed by atoms with van der Waals surface area (Å²) >= 11 is 6.32. The Kier molecular flexibility index (Phi) is 4.32. The first-order valence-corrected chi connectivity index (χ1v) is 6.89. The maximum atomic E-state index is 11.1. The molecule has 0 bridgehead atoms. The van der Waals surface area contributed by atoms with E-state index in [0.29, 0.717) is 27.8 Å². The molecule has 0 radical (unpaired) electrons. The SMILES string of the molecule is COc1c(C)c(-c2cc(C(=O)O)nn2C)c(OC)c(C)c1Cl. The fourth-order valence-corrected chi connectivity index (χ4v) is 2.82. The molecular weight excluding hydrogens is 308 g/mol. The minimum Gasteiger partial charge on any atom is -0.496 e. The van der Waals surface area contributed by atoms with Gasteiger partial charge in [-0.15, -0.1) is 0 Å². The molecule has 0 amide bonds. The van der Waals surface area contributed by atoms with E-state index in [4.69, 9.17) is 26.2 Å². The van der Waals surface area contributed by atoms with Gasteiger partial charge in [0.05, 0.1) is 24.9 Å². The molecule has 0 aliphatic carbocycles. The molecule has 22 heavy (non-hydrogen) atoms. The van der Waals surface area contributed by atoms with Gasteiger partial charge in [0, 0.05) is 23.7 Å². The number of hydrogen-bond donors (Lipinski definition) is 1. The smallest absolute Gasteiger partial charge is 0.356 e. The minimum atomic E-state index is -1.09. The van der Waals surface area contributed by atoms with E-state index < -0.39 is 5.97 Å². The van der Waals surface area contributed by atoms with E-state index in [0.717, 1.165) is 11.1 Å². The number of aryl methyl sites for hydroxylation is 1. The predicted molar refractivity (Wildman–Crippen MR) is 83.2 cm³/mol. The van der Waals surface area contributed by atoms with Gasteiger partial charge in [-0.1, -0.05) is 11.6 Å². The number of carboxylic acid groups (broad SMARTS) is 1. The third kappa shape index (κ3) is 2.39. The number of carbonyl (C=O) groups is 1. The Morgan fingerprint density at radius 1 is 1.23 bits per heavy atom. The van der Waals surface area contributed by atoms with Gasteiger partial charge < -0.3 is 14.6 Å². The Morgan fingerprint density at radius 3 is 2.27 bits per heavy atom. The quantitative estimate of drug-likeness (QED) is 0.935. The van der Waals surface area contributed by atoms with Crippen LogP contribution in [-0.4, -0.2) is 35.1 Å². The average molecular weight is 325 g/mol. The van der Waals surface area contributed by atoms with Crippen LogP contribution >= 0.6 is 11.6 Å². The summed E-state index contributed by atoms with van der Waals surface area (Å²) in [4.78, 5) is 11.1. The van der Waals surface area contributed by atoms with E-state index in [-0.39, 0.29) is 5.69 Å². The van der Waals surface area contributed by atoms with Crippen LogP contribution in [-0.2, 0) is 7.05 Å². The maximum Gasteiger partial charge on any atom is 0.356 e. The summed E-state index contributed by atoms with van der Waals surface area (Å²) < 4.78 is 12.4. The number of carboxylic acids is 1. The third-order valence-corrected chi connectivity index (χ3v) is 4.03. The summed E-state index contributed by atoms with van der Waals surface area (Å²) in [5, 5.41) is 13.6. The molecule has 0 unspecified atom stereocenters. The summed E-state index contributed by atoms with van der Waals surface area (Å²) in [6, 6.07) is 1.50. The Morgan fingerprint density at radius 2 is 1.82 bits per heavy atom. The van der Waals surface area contributed by atoms with Gasteiger partial charge in [-0.05, 0) is 19.9 Å². The number of benzene rings is 1. The van der Waals surface area contributed by atoms with Crippen molar-refractivity contribution in [2.75, 3.05) is 14.2 Å². The number of hydrogen-bond acceptors (Lipinski definition) is 4. The summed E-state index contributed by atoms with van der Waals surface area (Å²) in [6.45, 7) is 3.66. The van der Waals surface area contributed by atoms with Gasteiger partial charge in [0.2, 0.25) is 0 Å². The van der Waals surface area contributed by atoms with Crippen molar-refractivity contribution in [1.82, 2.24) is 9.78 Å². The first-order chi connectivity index (χ1) is 10.3. The lowest BCUT2D eigenvalue weighted by Crippen LogP contribution is -2.03. The normalized spacial score (nSPS) is 10.6. The lowest BCUT2D eigenvalue weighted by atomic mass is 9.99. The molecule has 6 nitrogen and oxygen atoms in total. The van der Waals surface area contributed by atoms with Crippen molar-refractivity contribution >= 4 is 17.6 Å². The largest absolute Gasteiger partial charge is 0.496 e. The number of methoxy groups -OCH3 is 2. The second-order valence-electron chi connectivity index (χ2n) is 4.85. The van der Waals surface area contributed by atoms with Crippen molar-refractivity contribution in [1.29, 1.82) is 0 Å². The summed E-state index contributed by atoms with van der Waals surface area (Å²) in [6.07, 6.45) is 0. The first kappa shape index (κ1) is 16.2. The molecule has 1 N–H and O–H groups in total. The van der Waals surface area contributed by atoms with Crippen molar-refractivity contribution in [3.05, 3.63) is 27.9 Å². The molecule has 2 rings (SSSR count). The molecular formula is C15H17ClN2O4. The molecule has 0 aliphatic rings. The van der Waals surface area contributed by atoms with Gasteiger partial charge >= 0.3 is 5.97 Å². The van der Waals surface area contributed by atoms with Crippen LogP contribution < -0.4 is 9.47 Å². The fourth-order valence-electron chi connectivity index (χ4n) is 2.52. The lowest BCUT2D eigenvalue weighted by Gasteiger charge is -2.19.